The van der Waals surface area contributed by atoms with Crippen molar-refractivity contribution in [2.75, 3.05) is 0 Å². The minimum Gasteiger partial charge on any atom is -0.364 e. The van der Waals surface area contributed by atoms with Crippen LogP contribution in [0.15, 0.2) is 71.9 Å². The Bertz CT molecular complexity index is 1100. The monoisotopic (exact) mass is 374 g/mol. The number of nitrogens with one attached hydrogen (secondary N) is 1. The first-order valence-electron chi connectivity index (χ1n) is 8.78. The number of nitriles is 1. The van der Waals surface area contributed by atoms with Crippen molar-refractivity contribution in [3.05, 3.63) is 101 Å². The van der Waals surface area contributed by atoms with Crippen LogP contribution in [0.2, 0.25) is 0 Å². The van der Waals surface area contributed by atoms with Crippen LogP contribution >= 0.6 is 0 Å². The van der Waals surface area contributed by atoms with Gasteiger partial charge >= 0.3 is 0 Å². The Morgan fingerprint density at radius 3 is 2.54 bits per heavy atom. The maximum Gasteiger partial charge on any atom is 0.213 e. The first kappa shape index (κ1) is 17.8. The van der Waals surface area contributed by atoms with Crippen molar-refractivity contribution in [1.82, 2.24) is 10.3 Å². The molecular formula is C22H16F2N4. The number of amidine groups is 1. The van der Waals surface area contributed by atoms with Gasteiger partial charge in [0.2, 0.25) is 5.95 Å². The average molecular weight is 374 g/mol. The zero-order chi connectivity index (χ0) is 19.7. The highest BCUT2D eigenvalue weighted by molar-refractivity contribution is 6.01. The lowest BCUT2D eigenvalue weighted by Gasteiger charge is -2.31. The van der Waals surface area contributed by atoms with Gasteiger partial charge in [0.1, 0.15) is 17.2 Å². The third kappa shape index (κ3) is 2.91. The fourth-order valence-corrected chi connectivity index (χ4v) is 3.64. The molecule has 4 nitrogen and oxygen atoms in total. The number of nitrogens with zero attached hydrogens (tertiary/aromatic N) is 3. The van der Waals surface area contributed by atoms with Gasteiger partial charge in [-0.2, -0.15) is 9.65 Å². The zero-order valence-corrected chi connectivity index (χ0v) is 15.0. The molecule has 0 aliphatic carbocycles. The molecule has 0 bridgehead atoms. The second-order valence-electron chi connectivity index (χ2n) is 6.66. The van der Waals surface area contributed by atoms with Gasteiger partial charge in [-0.25, -0.2) is 14.4 Å². The van der Waals surface area contributed by atoms with Crippen molar-refractivity contribution in [3.63, 3.8) is 0 Å². The molecule has 6 heteroatoms. The van der Waals surface area contributed by atoms with Crippen molar-refractivity contribution in [2.24, 2.45) is 4.99 Å². The average Bonchev–Trinajstić information content (AvgIpc) is 3.07. The summed E-state index contributed by atoms with van der Waals surface area (Å²) in [6.07, 6.45) is 1.40. The van der Waals surface area contributed by atoms with Crippen LogP contribution in [0, 0.1) is 23.1 Å². The van der Waals surface area contributed by atoms with Crippen LogP contribution in [0.25, 0.3) is 0 Å². The Hall–Kier alpha value is -3.59. The van der Waals surface area contributed by atoms with Gasteiger partial charge in [-0.1, -0.05) is 24.3 Å². The molecule has 0 unspecified atom stereocenters. The van der Waals surface area contributed by atoms with E-state index >= 15 is 0 Å². The number of hydrogen-bond donors (Lipinski definition) is 1. The summed E-state index contributed by atoms with van der Waals surface area (Å²) in [5.41, 5.74) is 1.65. The summed E-state index contributed by atoms with van der Waals surface area (Å²) < 4.78 is 27.5. The van der Waals surface area contributed by atoms with E-state index in [0.29, 0.717) is 17.0 Å². The molecule has 138 valence electrons. The Morgan fingerprint density at radius 2 is 1.82 bits per heavy atom. The molecule has 0 radical (unpaired) electrons. The molecule has 0 spiro atoms. The van der Waals surface area contributed by atoms with Crippen LogP contribution in [0.4, 0.5) is 8.78 Å². The van der Waals surface area contributed by atoms with Crippen LogP contribution in [0.3, 0.4) is 0 Å². The summed E-state index contributed by atoms with van der Waals surface area (Å²) in [6, 6.07) is 18.1. The third-order valence-electron chi connectivity index (χ3n) is 4.98. The topological polar surface area (TPSA) is 61.1 Å². The summed E-state index contributed by atoms with van der Waals surface area (Å²) >= 11 is 0. The van der Waals surface area contributed by atoms with E-state index in [1.807, 2.05) is 13.0 Å². The van der Waals surface area contributed by atoms with Crippen LogP contribution < -0.4 is 5.32 Å². The van der Waals surface area contributed by atoms with Crippen molar-refractivity contribution in [2.45, 2.75) is 18.5 Å². The third-order valence-corrected chi connectivity index (χ3v) is 4.98. The van der Waals surface area contributed by atoms with Crippen molar-refractivity contribution in [1.29, 1.82) is 5.26 Å². The molecular weight excluding hydrogens is 358 g/mol. The fourth-order valence-electron chi connectivity index (χ4n) is 3.64. The largest absolute Gasteiger partial charge is 0.364 e. The lowest BCUT2D eigenvalue weighted by Crippen LogP contribution is -2.41. The van der Waals surface area contributed by atoms with Crippen LogP contribution in [-0.2, 0) is 5.54 Å². The number of rotatable bonds is 3. The number of aromatic nitrogens is 1. The number of benzene rings is 2. The zero-order valence-electron chi connectivity index (χ0n) is 15.0. The minimum absolute atomic E-state index is 0.250. The van der Waals surface area contributed by atoms with E-state index in [4.69, 9.17) is 4.99 Å². The van der Waals surface area contributed by atoms with Crippen molar-refractivity contribution < 1.29 is 8.78 Å². The predicted octanol–water partition coefficient (Wildman–Crippen LogP) is 3.91. The SMILES string of the molecule is C[C@@H]1NC(c2cccc(C#N)c2)=N[C@]1(c1ccc(F)cc1)c1ccnc(F)c1. The van der Waals surface area contributed by atoms with E-state index in [0.717, 1.165) is 11.1 Å². The summed E-state index contributed by atoms with van der Waals surface area (Å²) in [7, 11) is 0. The molecule has 2 heterocycles. The van der Waals surface area contributed by atoms with Gasteiger partial charge in [-0.3, -0.25) is 0 Å². The van der Waals surface area contributed by atoms with Gasteiger partial charge in [0.25, 0.3) is 0 Å². The smallest absolute Gasteiger partial charge is 0.213 e. The number of aliphatic imine (C=N–C) groups is 1. The first-order valence-corrected chi connectivity index (χ1v) is 8.78. The molecule has 2 atom stereocenters. The van der Waals surface area contributed by atoms with E-state index < -0.39 is 11.5 Å². The van der Waals surface area contributed by atoms with Crippen LogP contribution in [0.5, 0.6) is 0 Å². The van der Waals surface area contributed by atoms with E-state index in [1.165, 1.54) is 24.4 Å². The number of halogens is 2. The Kier molecular flexibility index (Phi) is 4.36. The van der Waals surface area contributed by atoms with Gasteiger partial charge in [0.05, 0.1) is 17.7 Å². The van der Waals surface area contributed by atoms with Gasteiger partial charge in [-0.15, -0.1) is 0 Å². The number of hydrogen-bond acceptors (Lipinski definition) is 4. The summed E-state index contributed by atoms with van der Waals surface area (Å²) in [6.45, 7) is 1.94. The highest BCUT2D eigenvalue weighted by Crippen LogP contribution is 2.41. The van der Waals surface area contributed by atoms with Crippen molar-refractivity contribution >= 4 is 5.84 Å². The van der Waals surface area contributed by atoms with Gasteiger partial charge in [-0.05, 0) is 54.4 Å². The molecule has 0 fully saturated rings. The molecule has 0 amide bonds. The molecule has 1 aromatic heterocycles. The molecule has 4 rings (SSSR count). The molecule has 0 saturated carbocycles. The lowest BCUT2D eigenvalue weighted by molar-refractivity contribution is 0.448. The van der Waals surface area contributed by atoms with Gasteiger partial charge in [0.15, 0.2) is 0 Å². The molecule has 1 aliphatic heterocycles. The molecule has 2 aromatic carbocycles. The second-order valence-corrected chi connectivity index (χ2v) is 6.66. The number of pyridine rings is 1. The lowest BCUT2D eigenvalue weighted by atomic mass is 9.79. The molecule has 0 saturated heterocycles. The predicted molar refractivity (Wildman–Crippen MR) is 102 cm³/mol. The summed E-state index contributed by atoms with van der Waals surface area (Å²) in [5, 5.41) is 12.5. The second kappa shape index (κ2) is 6.86. The minimum atomic E-state index is -0.963. The maximum absolute atomic E-state index is 13.9. The molecule has 3 aromatic rings. The molecule has 1 aliphatic rings. The highest BCUT2D eigenvalue weighted by Gasteiger charge is 2.45. The maximum atomic E-state index is 13.9. The van der Waals surface area contributed by atoms with E-state index in [9.17, 15) is 14.0 Å². The summed E-state index contributed by atoms with van der Waals surface area (Å²) in [5.74, 6) is -0.378. The quantitative estimate of drug-likeness (QED) is 0.707. The summed E-state index contributed by atoms with van der Waals surface area (Å²) in [4.78, 5) is 8.58. The first-order chi connectivity index (χ1) is 13.5. The molecule has 1 N–H and O–H groups in total. The van der Waals surface area contributed by atoms with Crippen molar-refractivity contribution in [3.8, 4) is 6.07 Å². The molecule has 28 heavy (non-hydrogen) atoms. The van der Waals surface area contributed by atoms with E-state index in [-0.39, 0.29) is 11.9 Å². The fraction of sp³-hybridized carbons (Fsp3) is 0.136. The Balaban J connectivity index is 1.93. The Labute approximate surface area is 161 Å². The standard InChI is InChI=1S/C22H16F2N4/c1-14-22(17-5-7-19(23)8-6-17,18-9-10-26-20(24)12-18)28-21(27-14)16-4-2-3-15(11-16)13-25/h2-12,14H,1H3,(H,27,28)/t14-,22+/m0/s1. The van der Waals surface area contributed by atoms with Crippen LogP contribution in [-0.4, -0.2) is 16.9 Å². The van der Waals surface area contributed by atoms with E-state index in [2.05, 4.69) is 16.4 Å². The normalized spacial score (nSPS) is 20.9. The van der Waals surface area contributed by atoms with Crippen LogP contribution in [0.1, 0.15) is 29.2 Å². The van der Waals surface area contributed by atoms with Gasteiger partial charge in [0, 0.05) is 11.8 Å². The highest BCUT2D eigenvalue weighted by atomic mass is 19.1. The van der Waals surface area contributed by atoms with Gasteiger partial charge < -0.3 is 5.32 Å². The Morgan fingerprint density at radius 1 is 1.04 bits per heavy atom. The van der Waals surface area contributed by atoms with E-state index in [1.54, 1.807) is 36.4 Å².